The number of ether oxygens (including phenoxy) is 1. The predicted molar refractivity (Wildman–Crippen MR) is 109 cm³/mol. The van der Waals surface area contributed by atoms with Gasteiger partial charge in [0.1, 0.15) is 17.7 Å². The van der Waals surface area contributed by atoms with E-state index in [2.05, 4.69) is 30.3 Å². The Morgan fingerprint density at radius 1 is 0.885 bits per heavy atom. The Morgan fingerprint density at radius 2 is 1.31 bits per heavy atom. The van der Waals surface area contributed by atoms with Gasteiger partial charge in [-0.15, -0.1) is 0 Å². The molecule has 0 bridgehead atoms. The van der Waals surface area contributed by atoms with Crippen LogP contribution in [0.1, 0.15) is 20.8 Å². The first-order chi connectivity index (χ1) is 11.4. The first-order valence-corrected chi connectivity index (χ1v) is 16.3. The molecule has 0 saturated carbocycles. The smallest absolute Gasteiger partial charge is 0.408 e. The van der Waals surface area contributed by atoms with Gasteiger partial charge in [-0.3, -0.25) is 9.59 Å². The number of alkyl carbamates (subject to hydrolysis) is 1. The van der Waals surface area contributed by atoms with Crippen molar-refractivity contribution in [2.45, 2.75) is 89.8 Å². The predicted octanol–water partition coefficient (Wildman–Crippen LogP) is 3.13. The summed E-state index contributed by atoms with van der Waals surface area (Å²) in [4.78, 5) is 36.4. The van der Waals surface area contributed by atoms with Gasteiger partial charge in [0, 0.05) is 16.1 Å². The zero-order chi connectivity index (χ0) is 20.9. The summed E-state index contributed by atoms with van der Waals surface area (Å²) >= 11 is 0. The number of nitrogens with one attached hydrogen (secondary N) is 2. The summed E-state index contributed by atoms with van der Waals surface area (Å²) in [6, 6.07) is -0.823. The average molecular weight is 405 g/mol. The highest BCUT2D eigenvalue weighted by molar-refractivity contribution is 6.77. The SMILES string of the molecule is CC(C)(C)OC(=O)N[C@H](C[Si](C)(C)C)C(=O)N[C@@H](C[Si](C)(C)C)C(=O)O. The molecule has 2 atom stereocenters. The second-order valence-corrected chi connectivity index (χ2v) is 21.2. The van der Waals surface area contributed by atoms with E-state index < -0.39 is 51.8 Å². The normalized spacial score (nSPS) is 15.0. The second-order valence-electron chi connectivity index (χ2n) is 10.1. The van der Waals surface area contributed by atoms with Crippen LogP contribution in [-0.4, -0.2) is 56.9 Å². The van der Waals surface area contributed by atoms with Crippen LogP contribution < -0.4 is 10.6 Å². The molecule has 2 amide bonds. The molecule has 26 heavy (non-hydrogen) atoms. The number of carboxylic acid groups (broad SMARTS) is 1. The average Bonchev–Trinajstić information content (AvgIpc) is 2.31. The van der Waals surface area contributed by atoms with Gasteiger partial charge in [-0.1, -0.05) is 39.3 Å². The van der Waals surface area contributed by atoms with E-state index in [1.54, 1.807) is 20.8 Å². The first-order valence-electron chi connectivity index (χ1n) is 8.92. The number of carbonyl (C=O) groups is 3. The van der Waals surface area contributed by atoms with E-state index in [1.165, 1.54) is 0 Å². The molecule has 0 aliphatic carbocycles. The summed E-state index contributed by atoms with van der Waals surface area (Å²) in [5, 5.41) is 14.7. The lowest BCUT2D eigenvalue weighted by molar-refractivity contribution is -0.141. The minimum atomic E-state index is -1.70. The van der Waals surface area contributed by atoms with Gasteiger partial charge < -0.3 is 20.5 Å². The van der Waals surface area contributed by atoms with Crippen molar-refractivity contribution in [3.8, 4) is 0 Å². The van der Waals surface area contributed by atoms with E-state index in [0.717, 1.165) is 0 Å². The van der Waals surface area contributed by atoms with Crippen LogP contribution >= 0.6 is 0 Å². The van der Waals surface area contributed by atoms with Crippen LogP contribution in [0.15, 0.2) is 0 Å². The highest BCUT2D eigenvalue weighted by Gasteiger charge is 2.33. The van der Waals surface area contributed by atoms with Crippen molar-refractivity contribution in [2.75, 3.05) is 0 Å². The molecule has 9 heteroatoms. The van der Waals surface area contributed by atoms with Crippen molar-refractivity contribution in [3.05, 3.63) is 0 Å². The Kier molecular flexibility index (Phi) is 8.56. The van der Waals surface area contributed by atoms with E-state index in [1.807, 2.05) is 19.6 Å². The number of aliphatic carboxylic acids is 1. The summed E-state index contributed by atoms with van der Waals surface area (Å²) in [5.41, 5.74) is -0.675. The van der Waals surface area contributed by atoms with Gasteiger partial charge in [-0.05, 0) is 32.9 Å². The summed E-state index contributed by atoms with van der Waals surface area (Å²) in [5.74, 6) is -1.52. The standard InChI is InChI=1S/C17H36N2O5Si2/c1-17(2,3)24-16(23)19-12(10-25(4,5)6)14(20)18-13(15(21)22)11-26(7,8)9/h12-13H,10-11H2,1-9H3,(H,18,20)(H,19,23)(H,21,22)/t12-,13+/m1/s1. The quantitative estimate of drug-likeness (QED) is 0.539. The topological polar surface area (TPSA) is 105 Å². The number of hydrogen-bond acceptors (Lipinski definition) is 4. The number of amides is 2. The van der Waals surface area contributed by atoms with E-state index >= 15 is 0 Å². The van der Waals surface area contributed by atoms with E-state index in [4.69, 9.17) is 4.74 Å². The molecular weight excluding hydrogens is 368 g/mol. The van der Waals surface area contributed by atoms with Gasteiger partial charge in [0.15, 0.2) is 0 Å². The van der Waals surface area contributed by atoms with Gasteiger partial charge in [-0.2, -0.15) is 0 Å². The number of carbonyl (C=O) groups excluding carboxylic acids is 2. The molecule has 152 valence electrons. The molecule has 0 aromatic carbocycles. The molecule has 0 aliphatic heterocycles. The molecule has 7 nitrogen and oxygen atoms in total. The Hall–Kier alpha value is -1.36. The lowest BCUT2D eigenvalue weighted by Gasteiger charge is -2.29. The maximum atomic E-state index is 12.7. The highest BCUT2D eigenvalue weighted by atomic mass is 28.3. The summed E-state index contributed by atoms with van der Waals surface area (Å²) in [7, 11) is -3.40. The second kappa shape index (κ2) is 9.03. The van der Waals surface area contributed by atoms with Crippen molar-refractivity contribution in [3.63, 3.8) is 0 Å². The minimum absolute atomic E-state index is 0.431. The zero-order valence-corrected chi connectivity index (χ0v) is 19.6. The van der Waals surface area contributed by atoms with Crippen LogP contribution in [0.2, 0.25) is 51.4 Å². The van der Waals surface area contributed by atoms with Crippen molar-refractivity contribution < 1.29 is 24.2 Å². The fourth-order valence-corrected chi connectivity index (χ4v) is 5.37. The fourth-order valence-electron chi connectivity index (χ4n) is 2.36. The van der Waals surface area contributed by atoms with Crippen LogP contribution in [0.4, 0.5) is 4.79 Å². The van der Waals surface area contributed by atoms with Crippen molar-refractivity contribution in [1.29, 1.82) is 0 Å². The molecule has 0 spiro atoms. The van der Waals surface area contributed by atoms with Gasteiger partial charge in [-0.25, -0.2) is 4.79 Å². The molecule has 3 N–H and O–H groups in total. The Balaban J connectivity index is 5.25. The molecule has 0 aromatic rings. The number of rotatable bonds is 8. The maximum absolute atomic E-state index is 12.7. The van der Waals surface area contributed by atoms with Crippen molar-refractivity contribution in [1.82, 2.24) is 10.6 Å². The zero-order valence-electron chi connectivity index (χ0n) is 17.6. The summed E-state index contributed by atoms with van der Waals surface area (Å²) in [6.45, 7) is 17.6. The largest absolute Gasteiger partial charge is 0.480 e. The van der Waals surface area contributed by atoms with Gasteiger partial charge in [0.2, 0.25) is 5.91 Å². The van der Waals surface area contributed by atoms with E-state index in [0.29, 0.717) is 12.1 Å². The molecular formula is C17H36N2O5Si2. The monoisotopic (exact) mass is 404 g/mol. The van der Waals surface area contributed by atoms with Crippen molar-refractivity contribution in [2.24, 2.45) is 0 Å². The Morgan fingerprint density at radius 3 is 1.65 bits per heavy atom. The molecule has 0 aliphatic rings. The highest BCUT2D eigenvalue weighted by Crippen LogP contribution is 2.16. The number of carboxylic acids is 1. The van der Waals surface area contributed by atoms with Gasteiger partial charge in [0.25, 0.3) is 0 Å². The van der Waals surface area contributed by atoms with E-state index in [-0.39, 0.29) is 0 Å². The first kappa shape index (κ1) is 24.6. The third-order valence-electron chi connectivity index (χ3n) is 3.26. The summed E-state index contributed by atoms with van der Waals surface area (Å²) < 4.78 is 5.24. The molecule has 0 saturated heterocycles. The van der Waals surface area contributed by atoms with Crippen LogP contribution in [0.3, 0.4) is 0 Å². The lowest BCUT2D eigenvalue weighted by Crippen LogP contribution is -2.55. The van der Waals surface area contributed by atoms with E-state index in [9.17, 15) is 19.5 Å². The van der Waals surface area contributed by atoms with Crippen LogP contribution in [0.25, 0.3) is 0 Å². The molecule has 0 aromatic heterocycles. The van der Waals surface area contributed by atoms with Gasteiger partial charge in [0.05, 0.1) is 0 Å². The van der Waals surface area contributed by atoms with Crippen LogP contribution in [0, 0.1) is 0 Å². The third-order valence-corrected chi connectivity index (χ3v) is 6.52. The molecule has 0 unspecified atom stereocenters. The minimum Gasteiger partial charge on any atom is -0.480 e. The lowest BCUT2D eigenvalue weighted by atomic mass is 10.2. The number of hydrogen-bond donors (Lipinski definition) is 3. The summed E-state index contributed by atoms with van der Waals surface area (Å²) in [6.07, 6.45) is -0.673. The molecule has 0 fully saturated rings. The van der Waals surface area contributed by atoms with Crippen LogP contribution in [-0.2, 0) is 14.3 Å². The molecule has 0 radical (unpaired) electrons. The van der Waals surface area contributed by atoms with Gasteiger partial charge >= 0.3 is 12.1 Å². The Labute approximate surface area is 159 Å². The Bertz CT molecular complexity index is 519. The fraction of sp³-hybridized carbons (Fsp3) is 0.824. The van der Waals surface area contributed by atoms with Crippen molar-refractivity contribution >= 4 is 34.1 Å². The molecule has 0 heterocycles. The van der Waals surface area contributed by atoms with Crippen LogP contribution in [0.5, 0.6) is 0 Å². The molecule has 0 rings (SSSR count). The third kappa shape index (κ3) is 12.1. The maximum Gasteiger partial charge on any atom is 0.408 e.